The van der Waals surface area contributed by atoms with Crippen molar-refractivity contribution in [1.82, 2.24) is 4.90 Å². The number of methoxy groups -OCH3 is 1. The zero-order chi connectivity index (χ0) is 15.5. The Morgan fingerprint density at radius 3 is 2.62 bits per heavy atom. The summed E-state index contributed by atoms with van der Waals surface area (Å²) >= 11 is 0. The van der Waals surface area contributed by atoms with Crippen LogP contribution in [0.2, 0.25) is 0 Å². The Kier molecular flexibility index (Phi) is 5.25. The third kappa shape index (κ3) is 3.76. The molecule has 0 aromatic heterocycles. The summed E-state index contributed by atoms with van der Waals surface area (Å²) in [5.74, 6) is 0.845. The van der Waals surface area contributed by atoms with Crippen molar-refractivity contribution in [3.63, 3.8) is 0 Å². The molecule has 0 bridgehead atoms. The fraction of sp³-hybridized carbons (Fsp3) is 0.647. The van der Waals surface area contributed by atoms with E-state index < -0.39 is 6.10 Å². The second kappa shape index (κ2) is 6.77. The second-order valence-electron chi connectivity index (χ2n) is 6.29. The summed E-state index contributed by atoms with van der Waals surface area (Å²) in [6.07, 6.45) is 0.140. The van der Waals surface area contributed by atoms with Gasteiger partial charge in [0, 0.05) is 25.0 Å². The SMILES string of the molecule is COc1ccc(C)cc1CC(O)C(C)(C)N1CCOCC1. The highest BCUT2D eigenvalue weighted by Gasteiger charge is 2.35. The molecule has 0 spiro atoms. The van der Waals surface area contributed by atoms with Crippen molar-refractivity contribution in [2.24, 2.45) is 0 Å². The van der Waals surface area contributed by atoms with E-state index in [4.69, 9.17) is 9.47 Å². The van der Waals surface area contributed by atoms with E-state index in [-0.39, 0.29) is 5.54 Å². The molecule has 1 unspecified atom stereocenters. The van der Waals surface area contributed by atoms with Crippen molar-refractivity contribution in [3.05, 3.63) is 29.3 Å². The van der Waals surface area contributed by atoms with E-state index in [0.717, 1.165) is 37.6 Å². The molecule has 0 saturated carbocycles. The Balaban J connectivity index is 2.12. The number of rotatable bonds is 5. The average molecular weight is 293 g/mol. The first-order chi connectivity index (χ1) is 9.95. The zero-order valence-electron chi connectivity index (χ0n) is 13.6. The number of nitrogens with zero attached hydrogens (tertiary/aromatic N) is 1. The minimum absolute atomic E-state index is 0.279. The van der Waals surface area contributed by atoms with Gasteiger partial charge in [0.1, 0.15) is 5.75 Å². The van der Waals surface area contributed by atoms with Gasteiger partial charge in [0.2, 0.25) is 0 Å². The maximum atomic E-state index is 10.8. The van der Waals surface area contributed by atoms with Crippen LogP contribution >= 0.6 is 0 Å². The Morgan fingerprint density at radius 1 is 1.33 bits per heavy atom. The monoisotopic (exact) mass is 293 g/mol. The molecule has 1 heterocycles. The molecule has 0 amide bonds. The molecule has 1 fully saturated rings. The number of ether oxygens (including phenoxy) is 2. The lowest BCUT2D eigenvalue weighted by molar-refractivity contribution is -0.0613. The maximum Gasteiger partial charge on any atom is 0.122 e. The molecule has 1 aliphatic rings. The van der Waals surface area contributed by atoms with E-state index in [1.807, 2.05) is 12.1 Å². The molecule has 1 aromatic rings. The van der Waals surface area contributed by atoms with Crippen molar-refractivity contribution in [2.75, 3.05) is 33.4 Å². The molecule has 4 heteroatoms. The molecule has 2 rings (SSSR count). The second-order valence-corrected chi connectivity index (χ2v) is 6.29. The number of aliphatic hydroxyl groups is 1. The predicted octanol–water partition coefficient (Wildman–Crippen LogP) is 2.02. The number of hydrogen-bond donors (Lipinski definition) is 1. The number of morpholine rings is 1. The van der Waals surface area contributed by atoms with Crippen LogP contribution in [-0.2, 0) is 11.2 Å². The van der Waals surface area contributed by atoms with Crippen LogP contribution in [0.25, 0.3) is 0 Å². The van der Waals surface area contributed by atoms with Gasteiger partial charge >= 0.3 is 0 Å². The van der Waals surface area contributed by atoms with Gasteiger partial charge in [-0.1, -0.05) is 17.7 Å². The first-order valence-corrected chi connectivity index (χ1v) is 7.59. The van der Waals surface area contributed by atoms with Gasteiger partial charge in [0.15, 0.2) is 0 Å². The smallest absolute Gasteiger partial charge is 0.122 e. The van der Waals surface area contributed by atoms with Crippen LogP contribution in [0, 0.1) is 6.92 Å². The molecule has 1 aliphatic heterocycles. The van der Waals surface area contributed by atoms with Gasteiger partial charge in [-0.2, -0.15) is 0 Å². The van der Waals surface area contributed by atoms with Crippen LogP contribution in [0.5, 0.6) is 5.75 Å². The van der Waals surface area contributed by atoms with Gasteiger partial charge in [0.05, 0.1) is 26.4 Å². The van der Waals surface area contributed by atoms with Crippen molar-refractivity contribution < 1.29 is 14.6 Å². The van der Waals surface area contributed by atoms with Crippen LogP contribution in [0.3, 0.4) is 0 Å². The predicted molar refractivity (Wildman–Crippen MR) is 83.9 cm³/mol. The van der Waals surface area contributed by atoms with E-state index in [1.54, 1.807) is 7.11 Å². The number of aryl methyl sites for hydroxylation is 1. The summed E-state index contributed by atoms with van der Waals surface area (Å²) in [7, 11) is 1.67. The van der Waals surface area contributed by atoms with Crippen molar-refractivity contribution in [3.8, 4) is 5.75 Å². The maximum absolute atomic E-state index is 10.8. The topological polar surface area (TPSA) is 41.9 Å². The van der Waals surface area contributed by atoms with E-state index in [9.17, 15) is 5.11 Å². The molecule has 0 aliphatic carbocycles. The normalized spacial score (nSPS) is 18.5. The van der Waals surface area contributed by atoms with E-state index in [0.29, 0.717) is 6.42 Å². The van der Waals surface area contributed by atoms with Gasteiger partial charge in [0.25, 0.3) is 0 Å². The minimum Gasteiger partial charge on any atom is -0.496 e. The molecule has 1 N–H and O–H groups in total. The Hall–Kier alpha value is -1.10. The first kappa shape index (κ1) is 16.3. The van der Waals surface area contributed by atoms with Crippen LogP contribution in [-0.4, -0.2) is 55.1 Å². The fourth-order valence-electron chi connectivity index (χ4n) is 2.88. The quantitative estimate of drug-likeness (QED) is 0.902. The van der Waals surface area contributed by atoms with Crippen LogP contribution in [0.4, 0.5) is 0 Å². The summed E-state index contributed by atoms with van der Waals surface area (Å²) in [5, 5.41) is 10.8. The van der Waals surface area contributed by atoms with Crippen molar-refractivity contribution in [2.45, 2.75) is 38.8 Å². The summed E-state index contributed by atoms with van der Waals surface area (Å²) < 4.78 is 10.8. The van der Waals surface area contributed by atoms with Gasteiger partial charge in [-0.3, -0.25) is 4.90 Å². The van der Waals surface area contributed by atoms with Crippen LogP contribution in [0.15, 0.2) is 18.2 Å². The lowest BCUT2D eigenvalue weighted by Gasteiger charge is -2.43. The standard InChI is InChI=1S/C17H27NO3/c1-13-5-6-15(20-4)14(11-13)12-16(19)17(2,3)18-7-9-21-10-8-18/h5-6,11,16,19H,7-10,12H2,1-4H3. The average Bonchev–Trinajstić information content (AvgIpc) is 2.48. The minimum atomic E-state index is -0.453. The number of aliphatic hydroxyl groups excluding tert-OH is 1. The molecular formula is C17H27NO3. The van der Waals surface area contributed by atoms with Crippen molar-refractivity contribution in [1.29, 1.82) is 0 Å². The van der Waals surface area contributed by atoms with E-state index in [2.05, 4.69) is 31.7 Å². The highest BCUT2D eigenvalue weighted by molar-refractivity contribution is 5.37. The molecule has 21 heavy (non-hydrogen) atoms. The van der Waals surface area contributed by atoms with E-state index >= 15 is 0 Å². The van der Waals surface area contributed by atoms with E-state index in [1.165, 1.54) is 5.56 Å². The van der Waals surface area contributed by atoms with Crippen LogP contribution < -0.4 is 4.74 Å². The molecule has 4 nitrogen and oxygen atoms in total. The summed E-state index contributed by atoms with van der Waals surface area (Å²) in [6, 6.07) is 6.10. The largest absolute Gasteiger partial charge is 0.496 e. The Labute approximate surface area is 127 Å². The summed E-state index contributed by atoms with van der Waals surface area (Å²) in [5.41, 5.74) is 1.96. The Morgan fingerprint density at radius 2 is 2.00 bits per heavy atom. The molecule has 0 radical (unpaired) electrons. The lowest BCUT2D eigenvalue weighted by Crippen LogP contribution is -2.56. The molecule has 1 saturated heterocycles. The van der Waals surface area contributed by atoms with Crippen molar-refractivity contribution >= 4 is 0 Å². The van der Waals surface area contributed by atoms with Crippen LogP contribution in [0.1, 0.15) is 25.0 Å². The summed E-state index contributed by atoms with van der Waals surface area (Å²) in [4.78, 5) is 2.31. The third-order valence-corrected chi connectivity index (χ3v) is 4.49. The molecule has 1 aromatic carbocycles. The van der Waals surface area contributed by atoms with Gasteiger partial charge in [-0.05, 0) is 32.4 Å². The molecule has 1 atom stereocenters. The fourth-order valence-corrected chi connectivity index (χ4v) is 2.88. The molecule has 118 valence electrons. The van der Waals surface area contributed by atoms with Gasteiger partial charge in [-0.15, -0.1) is 0 Å². The third-order valence-electron chi connectivity index (χ3n) is 4.49. The highest BCUT2D eigenvalue weighted by atomic mass is 16.5. The molecular weight excluding hydrogens is 266 g/mol. The number of hydrogen-bond acceptors (Lipinski definition) is 4. The lowest BCUT2D eigenvalue weighted by atomic mass is 9.89. The van der Waals surface area contributed by atoms with Gasteiger partial charge in [-0.25, -0.2) is 0 Å². The zero-order valence-corrected chi connectivity index (χ0v) is 13.6. The van der Waals surface area contributed by atoms with Gasteiger partial charge < -0.3 is 14.6 Å². The summed E-state index contributed by atoms with van der Waals surface area (Å²) in [6.45, 7) is 9.48. The first-order valence-electron chi connectivity index (χ1n) is 7.59. The number of benzene rings is 1. The highest BCUT2D eigenvalue weighted by Crippen LogP contribution is 2.27. The Bertz CT molecular complexity index is 467.